The Balaban J connectivity index is 0.00000324. The third-order valence-corrected chi connectivity index (χ3v) is 2.07. The van der Waals surface area contributed by atoms with Crippen LogP contribution in [-0.4, -0.2) is 25.6 Å². The van der Waals surface area contributed by atoms with Gasteiger partial charge in [-0.15, -0.1) is 12.4 Å². The van der Waals surface area contributed by atoms with Gasteiger partial charge >= 0.3 is 6.61 Å². The summed E-state index contributed by atoms with van der Waals surface area (Å²) in [4.78, 5) is 11.6. The fourth-order valence-corrected chi connectivity index (χ4v) is 1.28. The van der Waals surface area contributed by atoms with Gasteiger partial charge in [0, 0.05) is 12.6 Å². The second-order valence-electron chi connectivity index (χ2n) is 3.42. The Morgan fingerprint density at radius 2 is 2.11 bits per heavy atom. The largest absolute Gasteiger partial charge is 0.434 e. The molecule has 19 heavy (non-hydrogen) atoms. The number of halogens is 4. The number of hydrogen-bond donors (Lipinski definition) is 2. The monoisotopic (exact) mass is 298 g/mol. The maximum Gasteiger partial charge on any atom is 0.387 e. The van der Waals surface area contributed by atoms with E-state index in [9.17, 15) is 18.0 Å². The Kier molecular flexibility index (Phi) is 7.94. The number of ether oxygens (including phenoxy) is 1. The van der Waals surface area contributed by atoms with Crippen molar-refractivity contribution in [2.24, 2.45) is 5.73 Å². The first-order chi connectivity index (χ1) is 8.54. The highest BCUT2D eigenvalue weighted by atomic mass is 35.5. The van der Waals surface area contributed by atoms with Gasteiger partial charge in [0.25, 0.3) is 5.91 Å². The molecule has 0 heterocycles. The third-order valence-electron chi connectivity index (χ3n) is 2.07. The van der Waals surface area contributed by atoms with E-state index in [1.807, 2.05) is 0 Å². The van der Waals surface area contributed by atoms with Crippen LogP contribution in [-0.2, 0) is 0 Å². The van der Waals surface area contributed by atoms with Gasteiger partial charge in [0.1, 0.15) is 11.6 Å². The maximum absolute atomic E-state index is 12.9. The zero-order valence-electron chi connectivity index (χ0n) is 9.87. The first-order valence-corrected chi connectivity index (χ1v) is 5.27. The number of amides is 1. The number of carbonyl (C=O) groups is 1. The van der Waals surface area contributed by atoms with Crippen molar-refractivity contribution >= 4 is 18.3 Å². The van der Waals surface area contributed by atoms with Crippen LogP contribution in [0.4, 0.5) is 13.2 Å². The Morgan fingerprint density at radius 3 is 2.68 bits per heavy atom. The van der Waals surface area contributed by atoms with Gasteiger partial charge in [-0.1, -0.05) is 0 Å². The van der Waals surface area contributed by atoms with Crippen molar-refractivity contribution in [1.82, 2.24) is 5.32 Å². The van der Waals surface area contributed by atoms with Crippen LogP contribution in [0.2, 0.25) is 0 Å². The summed E-state index contributed by atoms with van der Waals surface area (Å²) in [5.74, 6) is -1.86. The van der Waals surface area contributed by atoms with E-state index >= 15 is 0 Å². The van der Waals surface area contributed by atoms with Crippen LogP contribution in [0.1, 0.15) is 16.8 Å². The molecule has 1 aromatic rings. The Bertz CT molecular complexity index is 419. The van der Waals surface area contributed by atoms with Crippen molar-refractivity contribution < 1.29 is 22.7 Å². The molecule has 1 aromatic carbocycles. The second kappa shape index (κ2) is 8.60. The Labute approximate surface area is 114 Å². The number of benzene rings is 1. The number of rotatable bonds is 6. The van der Waals surface area contributed by atoms with Gasteiger partial charge < -0.3 is 15.8 Å². The molecule has 0 atom stereocenters. The molecule has 0 unspecified atom stereocenters. The fourth-order valence-electron chi connectivity index (χ4n) is 1.28. The van der Waals surface area contributed by atoms with Crippen molar-refractivity contribution in [3.05, 3.63) is 29.6 Å². The average Bonchev–Trinajstić information content (AvgIpc) is 2.28. The number of nitrogens with one attached hydrogen (secondary N) is 1. The summed E-state index contributed by atoms with van der Waals surface area (Å²) < 4.78 is 41.2. The predicted molar refractivity (Wildman–Crippen MR) is 66.3 cm³/mol. The molecule has 4 nitrogen and oxygen atoms in total. The first-order valence-electron chi connectivity index (χ1n) is 5.27. The van der Waals surface area contributed by atoms with Crippen molar-refractivity contribution in [2.75, 3.05) is 13.1 Å². The molecule has 3 N–H and O–H groups in total. The minimum atomic E-state index is -3.12. The summed E-state index contributed by atoms with van der Waals surface area (Å²) in [7, 11) is 0. The summed E-state index contributed by atoms with van der Waals surface area (Å²) in [6.07, 6.45) is 0.554. The third kappa shape index (κ3) is 5.80. The minimum Gasteiger partial charge on any atom is -0.434 e. The average molecular weight is 299 g/mol. The van der Waals surface area contributed by atoms with E-state index in [0.717, 1.165) is 18.2 Å². The molecule has 0 aliphatic heterocycles. The van der Waals surface area contributed by atoms with Gasteiger partial charge in [0.15, 0.2) is 0 Å². The van der Waals surface area contributed by atoms with Gasteiger partial charge in [0.2, 0.25) is 0 Å². The normalized spacial score (nSPS) is 9.95. The summed E-state index contributed by atoms with van der Waals surface area (Å²) in [5, 5.41) is 2.47. The molecule has 0 aliphatic rings. The van der Waals surface area contributed by atoms with E-state index in [-0.39, 0.29) is 18.0 Å². The Hall–Kier alpha value is -1.47. The van der Waals surface area contributed by atoms with Gasteiger partial charge in [0.05, 0.1) is 5.56 Å². The molecular formula is C11H14ClF3N2O2. The molecule has 0 spiro atoms. The van der Waals surface area contributed by atoms with Crippen LogP contribution in [0.25, 0.3) is 0 Å². The summed E-state index contributed by atoms with van der Waals surface area (Å²) in [6.45, 7) is -2.42. The molecule has 8 heteroatoms. The minimum absolute atomic E-state index is 0. The van der Waals surface area contributed by atoms with E-state index in [1.54, 1.807) is 0 Å². The second-order valence-corrected chi connectivity index (χ2v) is 3.42. The molecule has 0 aliphatic carbocycles. The molecular weight excluding hydrogens is 285 g/mol. The van der Waals surface area contributed by atoms with Crippen LogP contribution in [0.3, 0.4) is 0 Å². The van der Waals surface area contributed by atoms with Crippen LogP contribution in [0.5, 0.6) is 5.75 Å². The zero-order chi connectivity index (χ0) is 13.5. The topological polar surface area (TPSA) is 64.3 Å². The van der Waals surface area contributed by atoms with Gasteiger partial charge in [-0.05, 0) is 25.1 Å². The van der Waals surface area contributed by atoms with Crippen molar-refractivity contribution in [2.45, 2.75) is 13.0 Å². The molecule has 0 fully saturated rings. The quantitative estimate of drug-likeness (QED) is 0.789. The maximum atomic E-state index is 12.9. The van der Waals surface area contributed by atoms with E-state index in [0.29, 0.717) is 19.5 Å². The standard InChI is InChI=1S/C11H13F3N2O2.ClH/c12-7-2-3-8(9(6-7)18-11(13)14)10(17)16-5-1-4-15;/h2-3,6,11H,1,4-5,15H2,(H,16,17);1H. The fraction of sp³-hybridized carbons (Fsp3) is 0.364. The van der Waals surface area contributed by atoms with Crippen molar-refractivity contribution in [3.8, 4) is 5.75 Å². The number of hydrogen-bond acceptors (Lipinski definition) is 3. The summed E-state index contributed by atoms with van der Waals surface area (Å²) >= 11 is 0. The lowest BCUT2D eigenvalue weighted by Gasteiger charge is -2.10. The molecule has 0 radical (unpaired) electrons. The van der Waals surface area contributed by atoms with Crippen LogP contribution >= 0.6 is 12.4 Å². The molecule has 108 valence electrons. The lowest BCUT2D eigenvalue weighted by molar-refractivity contribution is -0.0503. The highest BCUT2D eigenvalue weighted by Gasteiger charge is 2.16. The number of nitrogens with two attached hydrogens (primary N) is 1. The molecule has 1 amide bonds. The number of carbonyl (C=O) groups excluding carboxylic acids is 1. The van der Waals surface area contributed by atoms with Gasteiger partial charge in [-0.3, -0.25) is 4.79 Å². The summed E-state index contributed by atoms with van der Waals surface area (Å²) in [5.41, 5.74) is 5.10. The highest BCUT2D eigenvalue weighted by molar-refractivity contribution is 5.96. The predicted octanol–water partition coefficient (Wildman–Crippen LogP) is 1.93. The highest BCUT2D eigenvalue weighted by Crippen LogP contribution is 2.21. The van der Waals surface area contributed by atoms with Crippen LogP contribution < -0.4 is 15.8 Å². The Morgan fingerprint density at radius 1 is 1.42 bits per heavy atom. The molecule has 0 aromatic heterocycles. The van der Waals surface area contributed by atoms with E-state index < -0.39 is 24.1 Å². The number of alkyl halides is 2. The molecule has 0 saturated heterocycles. The lowest BCUT2D eigenvalue weighted by Crippen LogP contribution is -2.26. The van der Waals surface area contributed by atoms with E-state index in [2.05, 4.69) is 10.1 Å². The lowest BCUT2D eigenvalue weighted by atomic mass is 10.2. The van der Waals surface area contributed by atoms with Crippen LogP contribution in [0.15, 0.2) is 18.2 Å². The molecule has 1 rings (SSSR count). The van der Waals surface area contributed by atoms with Gasteiger partial charge in [-0.2, -0.15) is 8.78 Å². The SMILES string of the molecule is Cl.NCCCNC(=O)c1ccc(F)cc1OC(F)F. The van der Waals surface area contributed by atoms with E-state index in [1.165, 1.54) is 0 Å². The smallest absolute Gasteiger partial charge is 0.387 e. The molecule has 0 saturated carbocycles. The van der Waals surface area contributed by atoms with E-state index in [4.69, 9.17) is 5.73 Å². The zero-order valence-corrected chi connectivity index (χ0v) is 10.7. The summed E-state index contributed by atoms with van der Waals surface area (Å²) in [6, 6.07) is 2.82. The van der Waals surface area contributed by atoms with Crippen LogP contribution in [0, 0.1) is 5.82 Å². The first kappa shape index (κ1) is 17.5. The molecule has 0 bridgehead atoms. The van der Waals surface area contributed by atoms with Gasteiger partial charge in [-0.25, -0.2) is 4.39 Å². The van der Waals surface area contributed by atoms with Crippen molar-refractivity contribution in [3.63, 3.8) is 0 Å². The van der Waals surface area contributed by atoms with Crippen molar-refractivity contribution in [1.29, 1.82) is 0 Å².